The van der Waals surface area contributed by atoms with E-state index >= 15 is 0 Å². The maximum absolute atomic E-state index is 13.1. The number of esters is 4. The number of unbranched alkanes of at least 4 members (excludes halogenated alkanes) is 55. The average Bonchev–Trinajstić information content (AvgIpc) is 0.941. The third-order valence-corrected chi connectivity index (χ3v) is 21.4. The van der Waals surface area contributed by atoms with Crippen LogP contribution in [0.2, 0.25) is 0 Å². The summed E-state index contributed by atoms with van der Waals surface area (Å²) in [6, 6.07) is 0. The van der Waals surface area contributed by atoms with E-state index in [0.29, 0.717) is 25.7 Å². The minimum atomic E-state index is -4.96. The number of phosphoric acid groups is 2. The SMILES string of the molecule is CCCCCCCCCCCCCCCCCCCCCCCCC(=O)O[C@H](COC(=O)CCCCCCCCCCCCCCCCCC)COP(=O)(O)OC[C@@H](O)COP(=O)(O)OC[C@@H](COC(=O)CCCCCCCCCCCCC)OC(=O)CCCCCCCCCCCCC(C)C. The molecule has 2 unspecified atom stereocenters. The van der Waals surface area contributed by atoms with Gasteiger partial charge >= 0.3 is 39.5 Å². The molecule has 0 aliphatic heterocycles. The molecule has 0 saturated heterocycles. The van der Waals surface area contributed by atoms with Gasteiger partial charge in [0.15, 0.2) is 12.2 Å². The number of rotatable bonds is 83. The van der Waals surface area contributed by atoms with Gasteiger partial charge in [0.25, 0.3) is 0 Å². The van der Waals surface area contributed by atoms with Crippen molar-refractivity contribution >= 4 is 39.5 Å². The van der Waals surface area contributed by atoms with E-state index in [1.165, 1.54) is 270 Å². The Labute approximate surface area is 626 Å². The number of phosphoric ester groups is 2. The zero-order valence-corrected chi connectivity index (χ0v) is 68.5. The standard InChI is InChI=1S/C83H162O17P2/c1-6-9-12-15-18-21-24-26-28-30-31-32-33-34-35-37-39-42-48-53-58-63-68-82(87)99-78(73-94-81(86)67-62-57-52-47-41-38-36-29-27-25-22-19-16-13-10-7-2)74-97-101(89,90)95-70-77(84)71-96-102(91,92)98-75-79(72-93-80(85)66-61-56-51-46-40-23-20-17-14-11-8-3)100-83(88)69-64-59-54-49-44-43-45-50-55-60-65-76(4)5/h76-79,84H,6-75H2,1-5H3,(H,89,90)(H,91,92)/t77-,78-,79-/m1/s1. The fraction of sp³-hybridized carbons (Fsp3) is 0.952. The van der Waals surface area contributed by atoms with Gasteiger partial charge in [0.1, 0.15) is 19.3 Å². The second-order valence-corrected chi connectivity index (χ2v) is 33.3. The predicted molar refractivity (Wildman–Crippen MR) is 418 cm³/mol. The Morgan fingerprint density at radius 1 is 0.265 bits per heavy atom. The topological polar surface area (TPSA) is 237 Å². The molecule has 0 amide bonds. The summed E-state index contributed by atoms with van der Waals surface area (Å²) in [7, 11) is -9.92. The fourth-order valence-corrected chi connectivity index (χ4v) is 14.5. The molecule has 0 aromatic heterocycles. The Kier molecular flexibility index (Phi) is 74.4. The molecule has 0 radical (unpaired) electrons. The highest BCUT2D eigenvalue weighted by atomic mass is 31.2. The molecule has 0 bridgehead atoms. The van der Waals surface area contributed by atoms with Crippen molar-refractivity contribution in [1.29, 1.82) is 0 Å². The molecular weight excluding hydrogens is 1330 g/mol. The van der Waals surface area contributed by atoms with Gasteiger partial charge in [-0.2, -0.15) is 0 Å². The lowest BCUT2D eigenvalue weighted by atomic mass is 10.0. The molecule has 0 aliphatic carbocycles. The number of carbonyl (C=O) groups is 4. The van der Waals surface area contributed by atoms with Crippen LogP contribution in [0.15, 0.2) is 0 Å². The van der Waals surface area contributed by atoms with Gasteiger partial charge in [-0.25, -0.2) is 9.13 Å². The van der Waals surface area contributed by atoms with E-state index in [1.54, 1.807) is 0 Å². The minimum Gasteiger partial charge on any atom is -0.462 e. The quantitative estimate of drug-likeness (QED) is 0.0222. The second kappa shape index (κ2) is 75.9. The van der Waals surface area contributed by atoms with E-state index in [1.807, 2.05) is 0 Å². The zero-order chi connectivity index (χ0) is 74.8. The number of ether oxygens (including phenoxy) is 4. The van der Waals surface area contributed by atoms with Gasteiger partial charge in [0.2, 0.25) is 0 Å². The molecule has 0 aliphatic rings. The summed E-state index contributed by atoms with van der Waals surface area (Å²) in [6.45, 7) is 7.33. The normalized spacial score (nSPS) is 13.8. The third kappa shape index (κ3) is 76.3. The van der Waals surface area contributed by atoms with E-state index < -0.39 is 97.5 Å². The molecule has 0 heterocycles. The number of carbonyl (C=O) groups excluding carboxylic acids is 4. The first kappa shape index (κ1) is 100. The van der Waals surface area contributed by atoms with Crippen LogP contribution in [0.4, 0.5) is 0 Å². The minimum absolute atomic E-state index is 0.107. The smallest absolute Gasteiger partial charge is 0.462 e. The van der Waals surface area contributed by atoms with Crippen molar-refractivity contribution in [1.82, 2.24) is 0 Å². The predicted octanol–water partition coefficient (Wildman–Crippen LogP) is 25.2. The van der Waals surface area contributed by atoms with Crippen molar-refractivity contribution in [3.8, 4) is 0 Å². The summed E-state index contributed by atoms with van der Waals surface area (Å²) in [6.07, 6.45) is 68.1. The second-order valence-electron chi connectivity index (χ2n) is 30.3. The molecule has 17 nitrogen and oxygen atoms in total. The van der Waals surface area contributed by atoms with Crippen LogP contribution in [-0.2, 0) is 65.4 Å². The highest BCUT2D eigenvalue weighted by Gasteiger charge is 2.30. The van der Waals surface area contributed by atoms with Gasteiger partial charge in [-0.3, -0.25) is 37.3 Å². The van der Waals surface area contributed by atoms with Crippen LogP contribution in [0.3, 0.4) is 0 Å². The molecule has 0 spiro atoms. The summed E-state index contributed by atoms with van der Waals surface area (Å²) in [4.78, 5) is 73.1. The highest BCUT2D eigenvalue weighted by molar-refractivity contribution is 7.47. The van der Waals surface area contributed by atoms with Crippen LogP contribution >= 0.6 is 15.6 Å². The molecule has 3 N–H and O–H groups in total. The molecule has 606 valence electrons. The van der Waals surface area contributed by atoms with E-state index in [4.69, 9.17) is 37.0 Å². The van der Waals surface area contributed by atoms with Crippen LogP contribution in [0.5, 0.6) is 0 Å². The van der Waals surface area contributed by atoms with E-state index in [-0.39, 0.29) is 25.7 Å². The average molecular weight is 1490 g/mol. The van der Waals surface area contributed by atoms with Crippen LogP contribution < -0.4 is 0 Å². The van der Waals surface area contributed by atoms with E-state index in [0.717, 1.165) is 95.8 Å². The largest absolute Gasteiger partial charge is 0.472 e. The Morgan fingerprint density at radius 3 is 0.667 bits per heavy atom. The van der Waals surface area contributed by atoms with Gasteiger partial charge in [-0.1, -0.05) is 394 Å². The first-order chi connectivity index (χ1) is 49.5. The number of aliphatic hydroxyl groups is 1. The Morgan fingerprint density at radius 2 is 0.451 bits per heavy atom. The summed E-state index contributed by atoms with van der Waals surface area (Å²) in [5.41, 5.74) is 0. The first-order valence-corrected chi connectivity index (χ1v) is 46.1. The number of hydrogen-bond acceptors (Lipinski definition) is 15. The van der Waals surface area contributed by atoms with Crippen molar-refractivity contribution in [3.63, 3.8) is 0 Å². The summed E-state index contributed by atoms with van der Waals surface area (Å²) < 4.78 is 68.8. The van der Waals surface area contributed by atoms with Crippen LogP contribution in [-0.4, -0.2) is 96.7 Å². The number of hydrogen-bond donors (Lipinski definition) is 3. The van der Waals surface area contributed by atoms with Crippen molar-refractivity contribution < 1.29 is 80.2 Å². The highest BCUT2D eigenvalue weighted by Crippen LogP contribution is 2.45. The molecule has 0 rings (SSSR count). The lowest BCUT2D eigenvalue weighted by molar-refractivity contribution is -0.161. The molecule has 5 atom stereocenters. The maximum atomic E-state index is 13.1. The fourth-order valence-electron chi connectivity index (χ4n) is 12.9. The van der Waals surface area contributed by atoms with E-state index in [2.05, 4.69) is 34.6 Å². The lowest BCUT2D eigenvalue weighted by Gasteiger charge is -2.21. The summed E-state index contributed by atoms with van der Waals surface area (Å²) >= 11 is 0. The summed E-state index contributed by atoms with van der Waals surface area (Å²) in [5.74, 6) is -1.35. The van der Waals surface area contributed by atoms with Gasteiger partial charge < -0.3 is 33.8 Å². The van der Waals surface area contributed by atoms with Crippen molar-refractivity contribution in [2.24, 2.45) is 5.92 Å². The van der Waals surface area contributed by atoms with Crippen LogP contribution in [0.1, 0.15) is 446 Å². The van der Waals surface area contributed by atoms with Gasteiger partial charge in [-0.15, -0.1) is 0 Å². The Hall–Kier alpha value is -1.94. The monoisotopic (exact) mass is 1490 g/mol. The van der Waals surface area contributed by atoms with Crippen molar-refractivity contribution in [2.45, 2.75) is 464 Å². The van der Waals surface area contributed by atoms with Crippen molar-refractivity contribution in [2.75, 3.05) is 39.6 Å². The zero-order valence-electron chi connectivity index (χ0n) is 66.8. The Balaban J connectivity index is 5.21. The van der Waals surface area contributed by atoms with E-state index in [9.17, 15) is 43.2 Å². The van der Waals surface area contributed by atoms with Crippen LogP contribution in [0, 0.1) is 5.92 Å². The van der Waals surface area contributed by atoms with Gasteiger partial charge in [-0.05, 0) is 31.6 Å². The van der Waals surface area contributed by atoms with Gasteiger partial charge in [0.05, 0.1) is 26.4 Å². The van der Waals surface area contributed by atoms with Gasteiger partial charge in [0, 0.05) is 25.7 Å². The Bertz CT molecular complexity index is 1940. The van der Waals surface area contributed by atoms with Crippen molar-refractivity contribution in [3.05, 3.63) is 0 Å². The maximum Gasteiger partial charge on any atom is 0.472 e. The third-order valence-electron chi connectivity index (χ3n) is 19.5. The molecule has 102 heavy (non-hydrogen) atoms. The molecule has 0 aromatic rings. The molecular formula is C83H162O17P2. The number of aliphatic hydroxyl groups excluding tert-OH is 1. The van der Waals surface area contributed by atoms with Crippen LogP contribution in [0.25, 0.3) is 0 Å². The molecule has 0 saturated carbocycles. The molecule has 0 fully saturated rings. The first-order valence-electron chi connectivity index (χ1n) is 43.1. The lowest BCUT2D eigenvalue weighted by Crippen LogP contribution is -2.30. The molecule has 0 aromatic carbocycles. The molecule has 19 heteroatoms. The summed E-state index contributed by atoms with van der Waals surface area (Å²) in [5, 5.41) is 10.7.